The second-order valence-electron chi connectivity index (χ2n) is 6.82. The van der Waals surface area contributed by atoms with Crippen LogP contribution in [0.4, 0.5) is 13.2 Å². The van der Waals surface area contributed by atoms with Crippen LogP contribution in [-0.2, 0) is 0 Å². The van der Waals surface area contributed by atoms with Crippen LogP contribution >= 0.6 is 24.8 Å². The van der Waals surface area contributed by atoms with Gasteiger partial charge in [0.25, 0.3) is 0 Å². The van der Waals surface area contributed by atoms with Crippen molar-refractivity contribution in [1.82, 2.24) is 10.2 Å². The second kappa shape index (κ2) is 9.16. The largest absolute Gasteiger partial charge is 0.573 e. The number of alkyl halides is 3. The van der Waals surface area contributed by atoms with E-state index in [1.165, 1.54) is 12.1 Å². The Morgan fingerprint density at radius 3 is 2.16 bits per heavy atom. The van der Waals surface area contributed by atoms with Crippen LogP contribution in [0.25, 0.3) is 0 Å². The van der Waals surface area contributed by atoms with Gasteiger partial charge < -0.3 is 15.2 Å². The summed E-state index contributed by atoms with van der Waals surface area (Å²) in [4.78, 5) is 2.18. The van der Waals surface area contributed by atoms with Gasteiger partial charge in [-0.1, -0.05) is 20.8 Å². The molecule has 146 valence electrons. The molecule has 1 saturated heterocycles. The summed E-state index contributed by atoms with van der Waals surface area (Å²) in [6.07, 6.45) is -4.75. The maximum absolute atomic E-state index is 12.5. The molecular formula is C16H25Cl2F3N2O2. The molecule has 0 amide bonds. The Morgan fingerprint density at radius 2 is 1.68 bits per heavy atom. The van der Waals surface area contributed by atoms with E-state index in [-0.39, 0.29) is 47.8 Å². The van der Waals surface area contributed by atoms with Gasteiger partial charge in [-0.2, -0.15) is 0 Å². The Morgan fingerprint density at radius 1 is 1.12 bits per heavy atom. The fourth-order valence-electron chi connectivity index (χ4n) is 3.10. The van der Waals surface area contributed by atoms with Gasteiger partial charge in [0.1, 0.15) is 11.5 Å². The van der Waals surface area contributed by atoms with E-state index in [4.69, 9.17) is 0 Å². The Labute approximate surface area is 158 Å². The highest BCUT2D eigenvalue weighted by atomic mass is 35.5. The predicted octanol–water partition coefficient (Wildman–Crippen LogP) is 4.13. The van der Waals surface area contributed by atoms with E-state index < -0.39 is 6.36 Å². The van der Waals surface area contributed by atoms with Gasteiger partial charge in [-0.15, -0.1) is 38.0 Å². The van der Waals surface area contributed by atoms with Gasteiger partial charge in [0.05, 0.1) is 0 Å². The van der Waals surface area contributed by atoms with Crippen molar-refractivity contribution in [3.8, 4) is 11.5 Å². The Bertz CT molecular complexity index is 545. The fraction of sp³-hybridized carbons (Fsp3) is 0.625. The molecule has 1 aromatic rings. The van der Waals surface area contributed by atoms with Crippen LogP contribution in [0.5, 0.6) is 11.5 Å². The minimum Gasteiger partial charge on any atom is -0.508 e. The number of nitrogens with zero attached hydrogens (tertiary/aromatic N) is 1. The summed E-state index contributed by atoms with van der Waals surface area (Å²) < 4.78 is 41.4. The molecule has 9 heteroatoms. The van der Waals surface area contributed by atoms with Gasteiger partial charge in [-0.3, -0.25) is 4.90 Å². The third-order valence-electron chi connectivity index (χ3n) is 3.86. The van der Waals surface area contributed by atoms with Crippen molar-refractivity contribution in [1.29, 1.82) is 0 Å². The standard InChI is InChI=1S/C16H23F3N2O2.2ClH/c1-15(2,3)14(21-8-6-20-7-9-21)12-10-11(4-5-13(12)22)23-16(17,18)19;;/h4-5,10,14,20,22H,6-9H2,1-3H3;2*1H/t14-;;/m1../s1. The van der Waals surface area contributed by atoms with E-state index in [0.29, 0.717) is 5.56 Å². The van der Waals surface area contributed by atoms with Gasteiger partial charge in [0.15, 0.2) is 0 Å². The van der Waals surface area contributed by atoms with Crippen molar-refractivity contribution in [3.63, 3.8) is 0 Å². The van der Waals surface area contributed by atoms with E-state index in [1.807, 2.05) is 20.8 Å². The average Bonchev–Trinajstić information content (AvgIpc) is 2.41. The number of phenolic OH excluding ortho intramolecular Hbond substituents is 1. The molecule has 0 saturated carbocycles. The number of aromatic hydroxyl groups is 1. The molecule has 1 aliphatic rings. The number of nitrogens with one attached hydrogen (secondary N) is 1. The van der Waals surface area contributed by atoms with Crippen LogP contribution in [0.15, 0.2) is 18.2 Å². The fourth-order valence-corrected chi connectivity index (χ4v) is 3.10. The first-order chi connectivity index (χ1) is 10.6. The molecule has 0 unspecified atom stereocenters. The van der Waals surface area contributed by atoms with Crippen LogP contribution in [-0.4, -0.2) is 42.5 Å². The molecule has 2 rings (SSSR count). The van der Waals surface area contributed by atoms with Crippen LogP contribution in [0.1, 0.15) is 32.4 Å². The molecule has 25 heavy (non-hydrogen) atoms. The molecule has 1 heterocycles. The topological polar surface area (TPSA) is 44.7 Å². The summed E-state index contributed by atoms with van der Waals surface area (Å²) >= 11 is 0. The quantitative estimate of drug-likeness (QED) is 0.794. The van der Waals surface area contributed by atoms with Gasteiger partial charge in [-0.05, 0) is 23.6 Å². The van der Waals surface area contributed by atoms with Crippen molar-refractivity contribution >= 4 is 24.8 Å². The number of rotatable bonds is 3. The van der Waals surface area contributed by atoms with E-state index >= 15 is 0 Å². The highest BCUT2D eigenvalue weighted by Crippen LogP contribution is 2.43. The molecule has 1 aliphatic heterocycles. The zero-order valence-electron chi connectivity index (χ0n) is 14.4. The van der Waals surface area contributed by atoms with E-state index in [2.05, 4.69) is 15.0 Å². The van der Waals surface area contributed by atoms with Gasteiger partial charge in [0.2, 0.25) is 0 Å². The smallest absolute Gasteiger partial charge is 0.508 e. The van der Waals surface area contributed by atoms with Crippen molar-refractivity contribution in [3.05, 3.63) is 23.8 Å². The third kappa shape index (κ3) is 6.73. The second-order valence-corrected chi connectivity index (χ2v) is 6.82. The van der Waals surface area contributed by atoms with Crippen LogP contribution in [0.2, 0.25) is 0 Å². The van der Waals surface area contributed by atoms with E-state index in [9.17, 15) is 18.3 Å². The lowest BCUT2D eigenvalue weighted by Gasteiger charge is -2.42. The minimum atomic E-state index is -4.75. The summed E-state index contributed by atoms with van der Waals surface area (Å²) in [7, 11) is 0. The summed E-state index contributed by atoms with van der Waals surface area (Å²) in [6, 6.07) is 3.48. The first-order valence-electron chi connectivity index (χ1n) is 7.61. The van der Waals surface area contributed by atoms with Crippen LogP contribution in [0.3, 0.4) is 0 Å². The van der Waals surface area contributed by atoms with Crippen LogP contribution < -0.4 is 10.1 Å². The van der Waals surface area contributed by atoms with E-state index in [1.54, 1.807) is 0 Å². The number of piperazine rings is 1. The summed E-state index contributed by atoms with van der Waals surface area (Å²) in [5.41, 5.74) is 0.201. The molecule has 0 spiro atoms. The lowest BCUT2D eigenvalue weighted by molar-refractivity contribution is -0.274. The molecular weight excluding hydrogens is 380 g/mol. The number of hydrogen-bond donors (Lipinski definition) is 2. The highest BCUT2D eigenvalue weighted by molar-refractivity contribution is 5.85. The molecule has 0 aromatic heterocycles. The molecule has 0 radical (unpaired) electrons. The molecule has 0 aliphatic carbocycles. The number of benzene rings is 1. The number of phenols is 1. The molecule has 1 fully saturated rings. The normalized spacial score (nSPS) is 17.2. The number of halogens is 5. The maximum atomic E-state index is 12.5. The molecule has 1 atom stereocenters. The Kier molecular flexibility index (Phi) is 8.84. The first kappa shape index (κ1) is 24.1. The SMILES string of the molecule is CC(C)(C)[C@@H](c1cc(OC(F)(F)F)ccc1O)N1CCNCC1.Cl.Cl. The molecule has 4 nitrogen and oxygen atoms in total. The van der Waals surface area contributed by atoms with Crippen molar-refractivity contribution < 1.29 is 23.0 Å². The zero-order chi connectivity index (χ0) is 17.3. The molecule has 2 N–H and O–H groups in total. The minimum absolute atomic E-state index is 0. The van der Waals surface area contributed by atoms with Crippen molar-refractivity contribution in [2.75, 3.05) is 26.2 Å². The van der Waals surface area contributed by atoms with Crippen LogP contribution in [0, 0.1) is 5.41 Å². The predicted molar refractivity (Wildman–Crippen MR) is 95.9 cm³/mol. The third-order valence-corrected chi connectivity index (χ3v) is 3.86. The summed E-state index contributed by atoms with van der Waals surface area (Å²) in [6.45, 7) is 9.19. The number of ether oxygens (including phenoxy) is 1. The number of hydrogen-bond acceptors (Lipinski definition) is 4. The van der Waals surface area contributed by atoms with Gasteiger partial charge in [-0.25, -0.2) is 0 Å². The maximum Gasteiger partial charge on any atom is 0.573 e. The first-order valence-corrected chi connectivity index (χ1v) is 7.61. The van der Waals surface area contributed by atoms with Gasteiger partial charge in [0, 0.05) is 37.8 Å². The monoisotopic (exact) mass is 404 g/mol. The summed E-state index contributed by atoms with van der Waals surface area (Å²) in [5, 5.41) is 13.5. The Balaban J connectivity index is 0.00000288. The van der Waals surface area contributed by atoms with Crippen molar-refractivity contribution in [2.45, 2.75) is 33.2 Å². The zero-order valence-corrected chi connectivity index (χ0v) is 16.0. The molecule has 1 aromatic carbocycles. The van der Waals surface area contributed by atoms with Crippen molar-refractivity contribution in [2.24, 2.45) is 5.41 Å². The summed E-state index contributed by atoms with van der Waals surface area (Å²) in [5.74, 6) is -0.326. The lowest BCUT2D eigenvalue weighted by atomic mass is 9.80. The Hall–Kier alpha value is -0.890. The molecule has 0 bridgehead atoms. The average molecular weight is 405 g/mol. The lowest BCUT2D eigenvalue weighted by Crippen LogP contribution is -2.48. The highest BCUT2D eigenvalue weighted by Gasteiger charge is 2.36. The van der Waals surface area contributed by atoms with E-state index in [0.717, 1.165) is 32.2 Å². The van der Waals surface area contributed by atoms with Gasteiger partial charge >= 0.3 is 6.36 Å².